The first-order chi connectivity index (χ1) is 26.7. The molecule has 0 aliphatic heterocycles. The molecule has 2 atom stereocenters. The highest BCUT2D eigenvalue weighted by Gasteiger charge is 2.52. The Bertz CT molecular complexity index is 1730. The molecule has 3 aromatic carbocycles. The lowest BCUT2D eigenvalue weighted by atomic mass is 9.72. The van der Waals surface area contributed by atoms with Gasteiger partial charge in [-0.05, 0) is 70.1 Å². The van der Waals surface area contributed by atoms with E-state index in [4.69, 9.17) is 13.3 Å². The maximum Gasteiger partial charge on any atom is 0.261 e. The van der Waals surface area contributed by atoms with E-state index in [0.29, 0.717) is 13.0 Å². The van der Waals surface area contributed by atoms with Gasteiger partial charge >= 0.3 is 0 Å². The predicted octanol–water partition coefficient (Wildman–Crippen LogP) is 13.0. The molecule has 3 rings (SSSR count). The standard InChI is InChI=1S/C50H75NO3Si3/c1-15-28-42(36-38-52-57(48(8,9)10,45-31-24-20-25-32-45)46-33-26-21-27-34-46)39-44(53-56(16-2,17-3)18-4)35-37-49(11,12)50(41-51,40-43-29-22-19-23-30-43)54-55(13,14)47(5,6)7/h15,19-27,29-37,44H,1,16-18,28,38-40H2,2-14H3/b37-35+,42-36+. The average molecular weight is 822 g/mol. The zero-order chi connectivity index (χ0) is 42.6. The topological polar surface area (TPSA) is 51.5 Å². The van der Waals surface area contributed by atoms with Crippen LogP contribution >= 0.6 is 0 Å². The van der Waals surface area contributed by atoms with E-state index >= 15 is 0 Å². The molecule has 0 aliphatic carbocycles. The van der Waals surface area contributed by atoms with Gasteiger partial charge in [0.1, 0.15) is 0 Å². The van der Waals surface area contributed by atoms with Gasteiger partial charge in [-0.25, -0.2) is 0 Å². The van der Waals surface area contributed by atoms with Crippen molar-refractivity contribution in [2.24, 2.45) is 5.41 Å². The number of nitrogens with zero attached hydrogens (tertiary/aromatic N) is 1. The predicted molar refractivity (Wildman–Crippen MR) is 253 cm³/mol. The van der Waals surface area contributed by atoms with Crippen molar-refractivity contribution in [3.8, 4) is 6.07 Å². The molecule has 0 aliphatic rings. The third-order valence-electron chi connectivity index (χ3n) is 12.8. The molecule has 7 heteroatoms. The summed E-state index contributed by atoms with van der Waals surface area (Å²) in [6.45, 7) is 34.1. The van der Waals surface area contributed by atoms with Gasteiger partial charge in [0.05, 0.1) is 18.8 Å². The zero-order valence-electron chi connectivity index (χ0n) is 37.9. The fourth-order valence-corrected chi connectivity index (χ4v) is 16.6. The third-order valence-corrected chi connectivity index (χ3v) is 26.9. The number of benzene rings is 3. The van der Waals surface area contributed by atoms with Gasteiger partial charge < -0.3 is 13.3 Å². The van der Waals surface area contributed by atoms with Crippen LogP contribution in [0.15, 0.2) is 127 Å². The lowest BCUT2D eigenvalue weighted by molar-refractivity contribution is 0.0222. The molecule has 0 fully saturated rings. The van der Waals surface area contributed by atoms with Crippen molar-refractivity contribution < 1.29 is 13.3 Å². The van der Waals surface area contributed by atoms with Gasteiger partial charge in [0.25, 0.3) is 8.32 Å². The zero-order valence-corrected chi connectivity index (χ0v) is 40.9. The summed E-state index contributed by atoms with van der Waals surface area (Å²) in [6.07, 6.45) is 10.6. The van der Waals surface area contributed by atoms with Gasteiger partial charge in [-0.15, -0.1) is 6.58 Å². The Kier molecular flexibility index (Phi) is 17.1. The minimum atomic E-state index is -2.72. The van der Waals surface area contributed by atoms with Gasteiger partial charge in [-0.2, -0.15) is 5.26 Å². The third kappa shape index (κ3) is 11.8. The summed E-state index contributed by atoms with van der Waals surface area (Å²) < 4.78 is 21.9. The van der Waals surface area contributed by atoms with Crippen molar-refractivity contribution in [2.45, 2.75) is 148 Å². The highest BCUT2D eigenvalue weighted by molar-refractivity contribution is 6.99. The summed E-state index contributed by atoms with van der Waals surface area (Å²) in [4.78, 5) is 0. The molecule has 3 aromatic rings. The monoisotopic (exact) mass is 822 g/mol. The second kappa shape index (κ2) is 20.2. The molecule has 0 heterocycles. The van der Waals surface area contributed by atoms with Crippen LogP contribution in [-0.2, 0) is 19.7 Å². The highest BCUT2D eigenvalue weighted by Crippen LogP contribution is 2.46. The minimum absolute atomic E-state index is 0.0628. The Balaban J connectivity index is 2.13. The molecule has 57 heavy (non-hydrogen) atoms. The summed E-state index contributed by atoms with van der Waals surface area (Å²) in [5.41, 5.74) is 0.614. The van der Waals surface area contributed by atoms with Gasteiger partial charge in [0.15, 0.2) is 22.2 Å². The largest absolute Gasteiger partial charge is 0.410 e. The molecule has 4 nitrogen and oxygen atoms in total. The van der Waals surface area contributed by atoms with E-state index in [1.807, 2.05) is 24.3 Å². The summed E-state index contributed by atoms with van der Waals surface area (Å²) in [5.74, 6) is 0. The van der Waals surface area contributed by atoms with Crippen LogP contribution in [0.25, 0.3) is 0 Å². The van der Waals surface area contributed by atoms with Crippen LogP contribution in [0.2, 0.25) is 41.3 Å². The Morgan fingerprint density at radius 1 is 0.754 bits per heavy atom. The summed E-state index contributed by atoms with van der Waals surface area (Å²) >= 11 is 0. The maximum absolute atomic E-state index is 11.2. The van der Waals surface area contributed by atoms with Crippen molar-refractivity contribution in [3.63, 3.8) is 0 Å². The Hall–Kier alpha value is -3.10. The second-order valence-electron chi connectivity index (χ2n) is 19.0. The van der Waals surface area contributed by atoms with E-state index in [2.05, 4.69) is 193 Å². The van der Waals surface area contributed by atoms with E-state index in [-0.39, 0.29) is 16.2 Å². The molecule has 0 aromatic heterocycles. The van der Waals surface area contributed by atoms with Crippen LogP contribution < -0.4 is 10.4 Å². The van der Waals surface area contributed by atoms with Crippen LogP contribution in [-0.4, -0.2) is 43.3 Å². The normalized spacial score (nSPS) is 15.3. The van der Waals surface area contributed by atoms with E-state index in [9.17, 15) is 5.26 Å². The molecular weight excluding hydrogens is 747 g/mol. The first-order valence-electron chi connectivity index (χ1n) is 21.3. The van der Waals surface area contributed by atoms with Crippen molar-refractivity contribution in [2.75, 3.05) is 6.61 Å². The smallest absolute Gasteiger partial charge is 0.261 e. The van der Waals surface area contributed by atoms with Gasteiger partial charge in [-0.3, -0.25) is 0 Å². The number of hydrogen-bond donors (Lipinski definition) is 0. The molecule has 0 saturated heterocycles. The fraction of sp³-hybridized carbons (Fsp3) is 0.500. The Morgan fingerprint density at radius 2 is 1.25 bits per heavy atom. The molecule has 0 N–H and O–H groups in total. The van der Waals surface area contributed by atoms with E-state index in [1.54, 1.807) is 0 Å². The summed E-state index contributed by atoms with van der Waals surface area (Å²) in [5, 5.41) is 13.6. The van der Waals surface area contributed by atoms with Crippen LogP contribution in [0.1, 0.15) is 94.6 Å². The van der Waals surface area contributed by atoms with Gasteiger partial charge in [0.2, 0.25) is 0 Å². The molecule has 310 valence electrons. The first-order valence-corrected chi connectivity index (χ1v) is 28.6. The van der Waals surface area contributed by atoms with Crippen molar-refractivity contribution in [1.29, 1.82) is 5.26 Å². The van der Waals surface area contributed by atoms with E-state index < -0.39 is 36.0 Å². The maximum atomic E-state index is 11.2. The number of allylic oxidation sites excluding steroid dienone is 1. The van der Waals surface area contributed by atoms with Crippen molar-refractivity contribution >= 4 is 35.3 Å². The Morgan fingerprint density at radius 3 is 1.67 bits per heavy atom. The summed E-state index contributed by atoms with van der Waals surface area (Å²) in [6, 6.07) is 37.9. The average Bonchev–Trinajstić information content (AvgIpc) is 3.17. The molecule has 0 spiro atoms. The van der Waals surface area contributed by atoms with Crippen LogP contribution in [0.3, 0.4) is 0 Å². The SMILES string of the molecule is C=CC/C(=C\CO[Si](c1ccccc1)(c1ccccc1)C(C)(C)C)CC(/C=C/C(C)(C)C(C#N)(Cc1ccccc1)O[Si](C)(C)C(C)(C)C)O[Si](CC)(CC)CC. The van der Waals surface area contributed by atoms with E-state index in [1.165, 1.54) is 15.9 Å². The number of rotatable bonds is 21. The van der Waals surface area contributed by atoms with Crippen LogP contribution in [0.4, 0.5) is 0 Å². The van der Waals surface area contributed by atoms with Crippen molar-refractivity contribution in [1.82, 2.24) is 0 Å². The number of nitriles is 1. The summed E-state index contributed by atoms with van der Waals surface area (Å²) in [7, 11) is -7.13. The van der Waals surface area contributed by atoms with Gasteiger partial charge in [-0.1, -0.05) is 197 Å². The van der Waals surface area contributed by atoms with E-state index in [0.717, 1.165) is 36.5 Å². The molecular formula is C50H75NO3Si3. The van der Waals surface area contributed by atoms with Crippen molar-refractivity contribution in [3.05, 3.63) is 133 Å². The fourth-order valence-electron chi connectivity index (χ4n) is 7.77. The molecule has 2 unspecified atom stereocenters. The molecule has 0 bridgehead atoms. The number of hydrogen-bond acceptors (Lipinski definition) is 4. The quantitative estimate of drug-likeness (QED) is 0.0793. The Labute approximate surface area is 351 Å². The van der Waals surface area contributed by atoms with Crippen LogP contribution in [0.5, 0.6) is 0 Å². The lowest BCUT2D eigenvalue weighted by Crippen LogP contribution is -2.66. The van der Waals surface area contributed by atoms with Gasteiger partial charge in [0, 0.05) is 11.8 Å². The van der Waals surface area contributed by atoms with Crippen LogP contribution in [0, 0.1) is 16.7 Å². The second-order valence-corrected chi connectivity index (χ2v) is 32.7. The molecule has 0 radical (unpaired) electrons. The minimum Gasteiger partial charge on any atom is -0.410 e. The lowest BCUT2D eigenvalue weighted by Gasteiger charge is -2.48. The first kappa shape index (κ1) is 48.3. The highest BCUT2D eigenvalue weighted by atomic mass is 28.4. The molecule has 0 amide bonds. The molecule has 0 saturated carbocycles.